The van der Waals surface area contributed by atoms with Crippen molar-refractivity contribution in [1.82, 2.24) is 5.32 Å². The molecular formula is C12H25N3S. The van der Waals surface area contributed by atoms with Crippen LogP contribution in [-0.2, 0) is 0 Å². The second-order valence-corrected chi connectivity index (χ2v) is 6.01. The smallest absolute Gasteiger partial charge is 0.188 e. The van der Waals surface area contributed by atoms with Crippen LogP contribution in [0.5, 0.6) is 0 Å². The summed E-state index contributed by atoms with van der Waals surface area (Å²) in [6.45, 7) is 5.12. The van der Waals surface area contributed by atoms with E-state index in [0.717, 1.165) is 6.54 Å². The third-order valence-electron chi connectivity index (χ3n) is 2.97. The highest BCUT2D eigenvalue weighted by molar-refractivity contribution is 7.99. The maximum absolute atomic E-state index is 5.90. The Morgan fingerprint density at radius 1 is 1.44 bits per heavy atom. The van der Waals surface area contributed by atoms with Crippen molar-refractivity contribution in [3.05, 3.63) is 0 Å². The Labute approximate surface area is 104 Å². The van der Waals surface area contributed by atoms with Gasteiger partial charge in [0.05, 0.1) is 0 Å². The van der Waals surface area contributed by atoms with Gasteiger partial charge in [0.2, 0.25) is 0 Å². The quantitative estimate of drug-likeness (QED) is 0.588. The first-order valence-corrected chi connectivity index (χ1v) is 7.51. The van der Waals surface area contributed by atoms with Gasteiger partial charge < -0.3 is 11.1 Å². The van der Waals surface area contributed by atoms with Crippen molar-refractivity contribution < 1.29 is 0 Å². The van der Waals surface area contributed by atoms with E-state index in [0.29, 0.717) is 23.2 Å². The van der Waals surface area contributed by atoms with Crippen molar-refractivity contribution in [2.75, 3.05) is 12.8 Å². The molecule has 1 saturated carbocycles. The van der Waals surface area contributed by atoms with Gasteiger partial charge in [0.25, 0.3) is 0 Å². The molecule has 0 saturated heterocycles. The summed E-state index contributed by atoms with van der Waals surface area (Å²) in [5.41, 5.74) is 5.90. The minimum atomic E-state index is 0.514. The summed E-state index contributed by atoms with van der Waals surface area (Å²) < 4.78 is 0. The first kappa shape index (κ1) is 13.7. The van der Waals surface area contributed by atoms with E-state index < -0.39 is 0 Å². The molecule has 0 heterocycles. The maximum atomic E-state index is 5.90. The zero-order valence-electron chi connectivity index (χ0n) is 10.7. The molecule has 16 heavy (non-hydrogen) atoms. The number of nitrogens with two attached hydrogens (primary N) is 1. The predicted molar refractivity (Wildman–Crippen MR) is 74.0 cm³/mol. The molecule has 1 fully saturated rings. The van der Waals surface area contributed by atoms with Gasteiger partial charge in [0, 0.05) is 17.8 Å². The Morgan fingerprint density at radius 3 is 2.75 bits per heavy atom. The molecule has 94 valence electrons. The molecule has 0 spiro atoms. The Kier molecular flexibility index (Phi) is 6.03. The van der Waals surface area contributed by atoms with Gasteiger partial charge in [0.15, 0.2) is 5.96 Å². The second kappa shape index (κ2) is 7.05. The van der Waals surface area contributed by atoms with Crippen molar-refractivity contribution in [2.45, 2.75) is 50.8 Å². The van der Waals surface area contributed by atoms with Crippen LogP contribution in [-0.4, -0.2) is 30.1 Å². The first-order chi connectivity index (χ1) is 7.63. The van der Waals surface area contributed by atoms with Crippen LogP contribution in [0.4, 0.5) is 0 Å². The van der Waals surface area contributed by atoms with Crippen molar-refractivity contribution in [2.24, 2.45) is 16.6 Å². The number of nitrogens with one attached hydrogen (secondary N) is 1. The molecule has 4 heteroatoms. The summed E-state index contributed by atoms with van der Waals surface area (Å²) in [4.78, 5) is 4.36. The highest BCUT2D eigenvalue weighted by atomic mass is 32.2. The molecule has 0 aliphatic heterocycles. The van der Waals surface area contributed by atoms with E-state index in [2.05, 4.69) is 30.4 Å². The second-order valence-electron chi connectivity index (χ2n) is 4.93. The highest BCUT2D eigenvalue weighted by Gasteiger charge is 2.24. The van der Waals surface area contributed by atoms with E-state index in [-0.39, 0.29) is 0 Å². The molecule has 0 radical (unpaired) electrons. The number of hydrogen-bond acceptors (Lipinski definition) is 2. The molecule has 2 atom stereocenters. The number of nitrogens with zero attached hydrogens (tertiary/aromatic N) is 1. The standard InChI is InChI=1S/C12H25N3S/c1-9(2)8-14-12(13)15-10-6-4-5-7-11(10)16-3/h9-11H,4-8H2,1-3H3,(H3,13,14,15). The SMILES string of the molecule is CSC1CCCCC1NC(N)=NCC(C)C. The van der Waals surface area contributed by atoms with Crippen LogP contribution >= 0.6 is 11.8 Å². The fourth-order valence-electron chi connectivity index (χ4n) is 2.06. The minimum Gasteiger partial charge on any atom is -0.370 e. The Bertz CT molecular complexity index is 228. The van der Waals surface area contributed by atoms with E-state index in [9.17, 15) is 0 Å². The summed E-state index contributed by atoms with van der Waals surface area (Å²) in [5.74, 6) is 1.20. The number of thioether (sulfide) groups is 1. The van der Waals surface area contributed by atoms with Crippen LogP contribution in [0.3, 0.4) is 0 Å². The van der Waals surface area contributed by atoms with Crippen LogP contribution in [0.15, 0.2) is 4.99 Å². The molecule has 0 aromatic rings. The summed E-state index contributed by atoms with van der Waals surface area (Å²) in [6.07, 6.45) is 7.38. The fourth-order valence-corrected chi connectivity index (χ4v) is 3.00. The average Bonchev–Trinajstić information content (AvgIpc) is 2.27. The van der Waals surface area contributed by atoms with Crippen molar-refractivity contribution in [3.63, 3.8) is 0 Å². The normalized spacial score (nSPS) is 27.1. The number of hydrogen-bond donors (Lipinski definition) is 2. The lowest BCUT2D eigenvalue weighted by Crippen LogP contribution is -2.47. The van der Waals surface area contributed by atoms with Gasteiger partial charge in [-0.1, -0.05) is 26.7 Å². The lowest BCUT2D eigenvalue weighted by molar-refractivity contribution is 0.424. The predicted octanol–water partition coefficient (Wildman–Crippen LogP) is 2.22. The van der Waals surface area contributed by atoms with Crippen molar-refractivity contribution >= 4 is 17.7 Å². The Morgan fingerprint density at radius 2 is 2.12 bits per heavy atom. The molecule has 0 bridgehead atoms. The molecule has 1 aliphatic carbocycles. The molecule has 2 unspecified atom stereocenters. The third kappa shape index (κ3) is 4.64. The summed E-state index contributed by atoms with van der Waals surface area (Å²) in [7, 11) is 0. The van der Waals surface area contributed by atoms with Crippen LogP contribution in [0.2, 0.25) is 0 Å². The van der Waals surface area contributed by atoms with E-state index in [1.165, 1.54) is 25.7 Å². The summed E-state index contributed by atoms with van der Waals surface area (Å²) >= 11 is 1.95. The zero-order chi connectivity index (χ0) is 12.0. The molecular weight excluding hydrogens is 218 g/mol. The van der Waals surface area contributed by atoms with E-state index in [4.69, 9.17) is 5.73 Å². The van der Waals surface area contributed by atoms with Crippen molar-refractivity contribution in [3.8, 4) is 0 Å². The molecule has 1 aliphatic rings. The van der Waals surface area contributed by atoms with E-state index >= 15 is 0 Å². The number of guanidine groups is 1. The average molecular weight is 243 g/mol. The lowest BCUT2D eigenvalue weighted by Gasteiger charge is -2.31. The number of aliphatic imine (C=N–C) groups is 1. The lowest BCUT2D eigenvalue weighted by atomic mass is 9.95. The maximum Gasteiger partial charge on any atom is 0.188 e. The summed E-state index contributed by atoms with van der Waals surface area (Å²) in [5, 5.41) is 4.08. The van der Waals surface area contributed by atoms with Gasteiger partial charge in [-0.2, -0.15) is 11.8 Å². The Hall–Kier alpha value is -0.380. The van der Waals surface area contributed by atoms with Crippen LogP contribution in [0, 0.1) is 5.92 Å². The van der Waals surface area contributed by atoms with Crippen molar-refractivity contribution in [1.29, 1.82) is 0 Å². The Balaban J connectivity index is 2.41. The summed E-state index contributed by atoms with van der Waals surface area (Å²) in [6, 6.07) is 0.514. The molecule has 0 aromatic heterocycles. The van der Waals surface area contributed by atoms with Crippen LogP contribution in [0.25, 0.3) is 0 Å². The van der Waals surface area contributed by atoms with Gasteiger partial charge in [-0.25, -0.2) is 0 Å². The minimum absolute atomic E-state index is 0.514. The highest BCUT2D eigenvalue weighted by Crippen LogP contribution is 2.26. The van der Waals surface area contributed by atoms with Gasteiger partial charge >= 0.3 is 0 Å². The monoisotopic (exact) mass is 243 g/mol. The van der Waals surface area contributed by atoms with Gasteiger partial charge in [-0.15, -0.1) is 0 Å². The largest absolute Gasteiger partial charge is 0.370 e. The zero-order valence-corrected chi connectivity index (χ0v) is 11.5. The topological polar surface area (TPSA) is 50.4 Å². The van der Waals surface area contributed by atoms with Gasteiger partial charge in [-0.3, -0.25) is 4.99 Å². The molecule has 0 aromatic carbocycles. The van der Waals surface area contributed by atoms with Gasteiger partial charge in [0.1, 0.15) is 0 Å². The molecule has 3 N–H and O–H groups in total. The number of rotatable bonds is 4. The van der Waals surface area contributed by atoms with Crippen LogP contribution in [0.1, 0.15) is 39.5 Å². The molecule has 0 amide bonds. The first-order valence-electron chi connectivity index (χ1n) is 6.22. The van der Waals surface area contributed by atoms with Gasteiger partial charge in [-0.05, 0) is 25.0 Å². The molecule has 3 nitrogen and oxygen atoms in total. The molecule has 1 rings (SSSR count). The third-order valence-corrected chi connectivity index (χ3v) is 4.14. The van der Waals surface area contributed by atoms with E-state index in [1.807, 2.05) is 11.8 Å². The van der Waals surface area contributed by atoms with Crippen LogP contribution < -0.4 is 11.1 Å². The fraction of sp³-hybridized carbons (Fsp3) is 0.917. The van der Waals surface area contributed by atoms with E-state index in [1.54, 1.807) is 0 Å².